The fourth-order valence-corrected chi connectivity index (χ4v) is 2.72. The maximum atomic E-state index is 10.8. The topological polar surface area (TPSA) is 76.2 Å². The maximum Gasteiger partial charge on any atom is 0.303 e. The minimum absolute atomic E-state index is 0.0622. The van der Waals surface area contributed by atoms with Crippen molar-refractivity contribution >= 4 is 28.6 Å². The number of rotatable bonds is 5. The monoisotopic (exact) mass is 400 g/mol. The van der Waals surface area contributed by atoms with Crippen molar-refractivity contribution in [1.29, 1.82) is 0 Å². The molecule has 0 radical (unpaired) electrons. The van der Waals surface area contributed by atoms with Crippen LogP contribution in [0.15, 0.2) is 22.6 Å². The van der Waals surface area contributed by atoms with E-state index >= 15 is 0 Å². The molecule has 2 aromatic rings. The van der Waals surface area contributed by atoms with Crippen molar-refractivity contribution in [1.82, 2.24) is 10.2 Å². The Morgan fingerprint density at radius 1 is 1.38 bits per heavy atom. The highest BCUT2D eigenvalue weighted by atomic mass is 127. The number of aryl methyl sites for hydroxylation is 1. The molecule has 0 saturated carbocycles. The average molecular weight is 400 g/mol. The van der Waals surface area contributed by atoms with E-state index in [4.69, 9.17) is 9.52 Å². The zero-order valence-corrected chi connectivity index (χ0v) is 14.3. The molecular formula is C15H17IN2O3. The van der Waals surface area contributed by atoms with Crippen LogP contribution >= 0.6 is 22.6 Å². The van der Waals surface area contributed by atoms with Crippen LogP contribution in [0, 0.1) is 15.9 Å². The normalized spacial score (nSPS) is 11.6. The van der Waals surface area contributed by atoms with Gasteiger partial charge in [0.2, 0.25) is 11.8 Å². The summed E-state index contributed by atoms with van der Waals surface area (Å²) in [6, 6.07) is 5.91. The third-order valence-electron chi connectivity index (χ3n) is 3.15. The largest absolute Gasteiger partial charge is 0.481 e. The third-order valence-corrected chi connectivity index (χ3v) is 4.58. The summed E-state index contributed by atoms with van der Waals surface area (Å²) in [7, 11) is 0. The van der Waals surface area contributed by atoms with E-state index in [1.165, 1.54) is 0 Å². The molecule has 1 aromatic carbocycles. The molecule has 0 spiro atoms. The Balaban J connectivity index is 2.22. The summed E-state index contributed by atoms with van der Waals surface area (Å²) in [6.45, 7) is 5.78. The van der Waals surface area contributed by atoms with Crippen molar-refractivity contribution in [2.45, 2.75) is 33.6 Å². The second-order valence-corrected chi connectivity index (χ2v) is 6.93. The SMILES string of the molecule is Cc1cccc(-c2nnc(CC(C)(C)CC(=O)O)o2)c1I. The van der Waals surface area contributed by atoms with Crippen molar-refractivity contribution in [3.8, 4) is 11.5 Å². The fraction of sp³-hybridized carbons (Fsp3) is 0.400. The Hall–Kier alpha value is -1.44. The molecule has 1 heterocycles. The Morgan fingerprint density at radius 3 is 2.76 bits per heavy atom. The molecule has 0 bridgehead atoms. The molecule has 0 unspecified atom stereocenters. The van der Waals surface area contributed by atoms with Gasteiger partial charge in [-0.15, -0.1) is 10.2 Å². The zero-order chi connectivity index (χ0) is 15.6. The summed E-state index contributed by atoms with van der Waals surface area (Å²) >= 11 is 2.26. The molecular weight excluding hydrogens is 383 g/mol. The Morgan fingerprint density at radius 2 is 2.10 bits per heavy atom. The molecule has 112 valence electrons. The molecule has 5 nitrogen and oxygen atoms in total. The van der Waals surface area contributed by atoms with E-state index in [0.29, 0.717) is 18.2 Å². The lowest BCUT2D eigenvalue weighted by Crippen LogP contribution is -2.19. The number of hydrogen-bond donors (Lipinski definition) is 1. The maximum absolute atomic E-state index is 10.8. The molecule has 0 saturated heterocycles. The number of hydrogen-bond acceptors (Lipinski definition) is 4. The first-order valence-electron chi connectivity index (χ1n) is 6.58. The lowest BCUT2D eigenvalue weighted by molar-refractivity contribution is -0.139. The third kappa shape index (κ3) is 4.03. The van der Waals surface area contributed by atoms with E-state index in [0.717, 1.165) is 14.7 Å². The Labute approximate surface area is 136 Å². The van der Waals surface area contributed by atoms with Gasteiger partial charge in [0, 0.05) is 9.99 Å². The number of benzene rings is 1. The van der Waals surface area contributed by atoms with Gasteiger partial charge in [-0.1, -0.05) is 26.0 Å². The smallest absolute Gasteiger partial charge is 0.303 e. The zero-order valence-electron chi connectivity index (χ0n) is 12.2. The highest BCUT2D eigenvalue weighted by Gasteiger charge is 2.25. The molecule has 1 N–H and O–H groups in total. The molecule has 0 atom stereocenters. The molecule has 0 amide bonds. The Bertz CT molecular complexity index is 665. The molecule has 6 heteroatoms. The summed E-state index contributed by atoms with van der Waals surface area (Å²) in [4.78, 5) is 10.8. The number of aromatic nitrogens is 2. The summed E-state index contributed by atoms with van der Waals surface area (Å²) in [6.07, 6.45) is 0.501. The van der Waals surface area contributed by atoms with Crippen molar-refractivity contribution in [2.24, 2.45) is 5.41 Å². The number of carbonyl (C=O) groups is 1. The second kappa shape index (κ2) is 6.13. The van der Waals surface area contributed by atoms with E-state index in [9.17, 15) is 4.79 Å². The van der Waals surface area contributed by atoms with Gasteiger partial charge in [-0.25, -0.2) is 0 Å². The molecule has 21 heavy (non-hydrogen) atoms. The predicted octanol–water partition coefficient (Wildman–Crippen LogP) is 3.69. The van der Waals surface area contributed by atoms with Crippen LogP contribution in [-0.4, -0.2) is 21.3 Å². The van der Waals surface area contributed by atoms with Crippen LogP contribution < -0.4 is 0 Å². The summed E-state index contributed by atoms with van der Waals surface area (Å²) in [5, 5.41) is 17.0. The predicted molar refractivity (Wildman–Crippen MR) is 86.9 cm³/mol. The molecule has 0 fully saturated rings. The van der Waals surface area contributed by atoms with E-state index in [1.807, 2.05) is 39.0 Å². The average Bonchev–Trinajstić information content (AvgIpc) is 2.78. The lowest BCUT2D eigenvalue weighted by Gasteiger charge is -2.19. The number of aliphatic carboxylic acids is 1. The Kier molecular flexibility index (Phi) is 4.65. The van der Waals surface area contributed by atoms with E-state index in [1.54, 1.807) is 0 Å². The molecule has 2 rings (SSSR count). The van der Waals surface area contributed by atoms with Crippen LogP contribution in [0.2, 0.25) is 0 Å². The highest BCUT2D eigenvalue weighted by molar-refractivity contribution is 14.1. The van der Waals surface area contributed by atoms with Gasteiger partial charge in [0.1, 0.15) is 0 Å². The van der Waals surface area contributed by atoms with E-state index in [-0.39, 0.29) is 6.42 Å². The molecule has 0 aliphatic heterocycles. The van der Waals surface area contributed by atoms with Crippen LogP contribution in [-0.2, 0) is 11.2 Å². The van der Waals surface area contributed by atoms with Gasteiger partial charge in [-0.05, 0) is 46.6 Å². The van der Waals surface area contributed by atoms with Gasteiger partial charge in [0.15, 0.2) is 0 Å². The molecule has 0 aliphatic carbocycles. The van der Waals surface area contributed by atoms with E-state index in [2.05, 4.69) is 32.8 Å². The first-order chi connectivity index (χ1) is 9.78. The van der Waals surface area contributed by atoms with Crippen LogP contribution in [0.1, 0.15) is 31.7 Å². The number of nitrogens with zero attached hydrogens (tertiary/aromatic N) is 2. The van der Waals surface area contributed by atoms with Gasteiger partial charge < -0.3 is 9.52 Å². The van der Waals surface area contributed by atoms with Crippen LogP contribution in [0.4, 0.5) is 0 Å². The minimum atomic E-state index is -0.826. The fourth-order valence-electron chi connectivity index (χ4n) is 2.13. The van der Waals surface area contributed by atoms with Gasteiger partial charge in [-0.2, -0.15) is 0 Å². The van der Waals surface area contributed by atoms with Gasteiger partial charge >= 0.3 is 5.97 Å². The van der Waals surface area contributed by atoms with Crippen LogP contribution in [0.5, 0.6) is 0 Å². The quantitative estimate of drug-likeness (QED) is 0.775. The molecule has 1 aromatic heterocycles. The van der Waals surface area contributed by atoms with Crippen molar-refractivity contribution in [2.75, 3.05) is 0 Å². The van der Waals surface area contributed by atoms with Crippen LogP contribution in [0.25, 0.3) is 11.5 Å². The summed E-state index contributed by atoms with van der Waals surface area (Å²) < 4.78 is 6.78. The van der Waals surface area contributed by atoms with Gasteiger partial charge in [0.05, 0.1) is 12.0 Å². The standard InChI is InChI=1S/C15H17IN2O3/c1-9-5-4-6-10(13(9)16)14-18-17-11(21-14)7-15(2,3)8-12(19)20/h4-6H,7-8H2,1-3H3,(H,19,20). The summed E-state index contributed by atoms with van der Waals surface area (Å²) in [5.41, 5.74) is 1.64. The number of carboxylic acids is 1. The number of halogens is 1. The van der Waals surface area contributed by atoms with Crippen molar-refractivity contribution in [3.05, 3.63) is 33.2 Å². The first kappa shape index (κ1) is 15.9. The highest BCUT2D eigenvalue weighted by Crippen LogP contribution is 2.29. The van der Waals surface area contributed by atoms with Crippen LogP contribution in [0.3, 0.4) is 0 Å². The van der Waals surface area contributed by atoms with Gasteiger partial charge in [0.25, 0.3) is 0 Å². The van der Waals surface area contributed by atoms with E-state index < -0.39 is 11.4 Å². The molecule has 0 aliphatic rings. The lowest BCUT2D eigenvalue weighted by atomic mass is 9.86. The van der Waals surface area contributed by atoms with Gasteiger partial charge in [-0.3, -0.25) is 4.79 Å². The minimum Gasteiger partial charge on any atom is -0.481 e. The first-order valence-corrected chi connectivity index (χ1v) is 7.66. The second-order valence-electron chi connectivity index (χ2n) is 5.85. The van der Waals surface area contributed by atoms with Crippen molar-refractivity contribution in [3.63, 3.8) is 0 Å². The summed E-state index contributed by atoms with van der Waals surface area (Å²) in [5.74, 6) is 0.116. The number of carboxylic acid groups (broad SMARTS) is 1. The van der Waals surface area contributed by atoms with Crippen molar-refractivity contribution < 1.29 is 14.3 Å².